The number of nitrogens with one attached hydrogen (secondary N) is 1. The Morgan fingerprint density at radius 2 is 2.22 bits per heavy atom. The average Bonchev–Trinajstić information content (AvgIpc) is 2.52. The van der Waals surface area contributed by atoms with Crippen molar-refractivity contribution in [1.29, 1.82) is 0 Å². The van der Waals surface area contributed by atoms with E-state index in [9.17, 15) is 13.2 Å². The molecule has 0 saturated carbocycles. The zero-order valence-corrected chi connectivity index (χ0v) is 14.8. The van der Waals surface area contributed by atoms with Gasteiger partial charge in [-0.2, -0.15) is 4.31 Å². The predicted octanol–water partition coefficient (Wildman–Crippen LogP) is 0.632. The molecule has 2 rings (SSSR count). The number of rotatable bonds is 5. The molecule has 130 valence electrons. The molecule has 1 aromatic heterocycles. The molecular formula is C13H20Cl2N4O3S. The van der Waals surface area contributed by atoms with Gasteiger partial charge in [-0.25, -0.2) is 8.42 Å². The Morgan fingerprint density at radius 3 is 2.87 bits per heavy atom. The Morgan fingerprint density at radius 1 is 1.48 bits per heavy atom. The molecule has 0 spiro atoms. The molecule has 1 amide bonds. The number of hydrogen-bond donors (Lipinski definition) is 2. The zero-order valence-electron chi connectivity index (χ0n) is 12.4. The molecular weight excluding hydrogens is 363 g/mol. The SMILES string of the molecule is Cl.NCCNC(=O)C1CCCN(S(=O)(=O)c2cncc(Cl)c2)C1. The quantitative estimate of drug-likeness (QED) is 0.776. The van der Waals surface area contributed by atoms with Crippen LogP contribution >= 0.6 is 24.0 Å². The van der Waals surface area contributed by atoms with Crippen LogP contribution in [0.4, 0.5) is 0 Å². The minimum Gasteiger partial charge on any atom is -0.355 e. The fraction of sp³-hybridized carbons (Fsp3) is 0.538. The normalized spacial score (nSPS) is 19.0. The zero-order chi connectivity index (χ0) is 16.2. The highest BCUT2D eigenvalue weighted by molar-refractivity contribution is 7.89. The van der Waals surface area contributed by atoms with Gasteiger partial charge in [-0.1, -0.05) is 11.6 Å². The number of nitrogens with two attached hydrogens (primary N) is 1. The minimum atomic E-state index is -3.69. The van der Waals surface area contributed by atoms with Crippen LogP contribution in [0.25, 0.3) is 0 Å². The molecule has 10 heteroatoms. The maximum atomic E-state index is 12.6. The van der Waals surface area contributed by atoms with Crippen molar-refractivity contribution in [1.82, 2.24) is 14.6 Å². The van der Waals surface area contributed by atoms with E-state index >= 15 is 0 Å². The molecule has 1 aliphatic heterocycles. The van der Waals surface area contributed by atoms with Crippen molar-refractivity contribution in [3.8, 4) is 0 Å². The van der Waals surface area contributed by atoms with E-state index in [0.717, 1.165) is 0 Å². The van der Waals surface area contributed by atoms with Crippen LogP contribution in [0.3, 0.4) is 0 Å². The van der Waals surface area contributed by atoms with E-state index in [1.807, 2.05) is 0 Å². The lowest BCUT2D eigenvalue weighted by atomic mass is 9.99. The monoisotopic (exact) mass is 382 g/mol. The summed E-state index contributed by atoms with van der Waals surface area (Å²) in [6, 6.07) is 1.36. The molecule has 0 radical (unpaired) electrons. The number of sulfonamides is 1. The van der Waals surface area contributed by atoms with Crippen LogP contribution in [0.15, 0.2) is 23.4 Å². The third-order valence-corrected chi connectivity index (χ3v) is 5.55. The third-order valence-electron chi connectivity index (χ3n) is 3.52. The first kappa shape index (κ1) is 20.1. The fourth-order valence-electron chi connectivity index (χ4n) is 2.40. The van der Waals surface area contributed by atoms with Crippen molar-refractivity contribution in [2.45, 2.75) is 17.7 Å². The number of halogens is 2. The van der Waals surface area contributed by atoms with Crippen LogP contribution in [0.2, 0.25) is 5.02 Å². The number of aromatic nitrogens is 1. The van der Waals surface area contributed by atoms with Crippen LogP contribution in [-0.4, -0.2) is 49.8 Å². The predicted molar refractivity (Wildman–Crippen MR) is 90.0 cm³/mol. The van der Waals surface area contributed by atoms with E-state index in [1.54, 1.807) is 0 Å². The smallest absolute Gasteiger partial charge is 0.244 e. The molecule has 1 atom stereocenters. The molecule has 1 unspecified atom stereocenters. The third kappa shape index (κ3) is 5.02. The number of carbonyl (C=O) groups excluding carboxylic acids is 1. The largest absolute Gasteiger partial charge is 0.355 e. The van der Waals surface area contributed by atoms with Crippen LogP contribution in [0.5, 0.6) is 0 Å². The van der Waals surface area contributed by atoms with Gasteiger partial charge in [-0.15, -0.1) is 12.4 Å². The van der Waals surface area contributed by atoms with Gasteiger partial charge in [0.05, 0.1) is 10.9 Å². The summed E-state index contributed by atoms with van der Waals surface area (Å²) in [7, 11) is -3.69. The lowest BCUT2D eigenvalue weighted by Gasteiger charge is -2.31. The van der Waals surface area contributed by atoms with Crippen LogP contribution < -0.4 is 11.1 Å². The maximum absolute atomic E-state index is 12.6. The Bertz CT molecular complexity index is 642. The van der Waals surface area contributed by atoms with E-state index in [2.05, 4.69) is 10.3 Å². The number of pyridine rings is 1. The average molecular weight is 383 g/mol. The fourth-order valence-corrected chi connectivity index (χ4v) is 4.15. The molecule has 1 aliphatic rings. The standard InChI is InChI=1S/C13H19ClN4O3S.ClH/c14-11-6-12(8-16-7-11)22(20,21)18-5-1-2-10(9-18)13(19)17-4-3-15;/h6-8,10H,1-5,9,15H2,(H,17,19);1H. The van der Waals surface area contributed by atoms with E-state index in [0.29, 0.717) is 32.5 Å². The van der Waals surface area contributed by atoms with E-state index in [1.165, 1.54) is 22.8 Å². The Kier molecular flexibility index (Phi) is 7.69. The van der Waals surface area contributed by atoms with E-state index in [4.69, 9.17) is 17.3 Å². The molecule has 1 aromatic rings. The summed E-state index contributed by atoms with van der Waals surface area (Å²) in [5.74, 6) is -0.517. The summed E-state index contributed by atoms with van der Waals surface area (Å²) >= 11 is 5.80. The lowest BCUT2D eigenvalue weighted by molar-refractivity contribution is -0.126. The van der Waals surface area contributed by atoms with Gasteiger partial charge in [0.2, 0.25) is 15.9 Å². The van der Waals surface area contributed by atoms with Crippen molar-refractivity contribution in [2.75, 3.05) is 26.2 Å². The second-order valence-electron chi connectivity index (χ2n) is 5.12. The van der Waals surface area contributed by atoms with Crippen molar-refractivity contribution in [3.63, 3.8) is 0 Å². The maximum Gasteiger partial charge on any atom is 0.244 e. The number of nitrogens with zero attached hydrogens (tertiary/aromatic N) is 2. The first-order valence-corrected chi connectivity index (χ1v) is 8.85. The Balaban J connectivity index is 0.00000264. The molecule has 2 heterocycles. The first-order chi connectivity index (χ1) is 10.4. The molecule has 23 heavy (non-hydrogen) atoms. The molecule has 1 fully saturated rings. The van der Waals surface area contributed by atoms with Gasteiger partial charge in [0.1, 0.15) is 4.90 Å². The molecule has 0 aliphatic carbocycles. The van der Waals surface area contributed by atoms with Gasteiger partial charge >= 0.3 is 0 Å². The second kappa shape index (κ2) is 8.79. The number of amides is 1. The summed E-state index contributed by atoms with van der Waals surface area (Å²) in [6.45, 7) is 1.29. The van der Waals surface area contributed by atoms with Crippen molar-refractivity contribution < 1.29 is 13.2 Å². The van der Waals surface area contributed by atoms with Gasteiger partial charge in [-0.05, 0) is 18.9 Å². The molecule has 0 bridgehead atoms. The first-order valence-electron chi connectivity index (χ1n) is 7.03. The lowest BCUT2D eigenvalue weighted by Crippen LogP contribution is -2.46. The van der Waals surface area contributed by atoms with Crippen molar-refractivity contribution in [2.24, 2.45) is 11.7 Å². The highest BCUT2D eigenvalue weighted by Crippen LogP contribution is 2.24. The summed E-state index contributed by atoms with van der Waals surface area (Å²) in [5, 5.41) is 2.96. The van der Waals surface area contributed by atoms with E-state index in [-0.39, 0.29) is 40.7 Å². The number of hydrogen-bond acceptors (Lipinski definition) is 5. The van der Waals surface area contributed by atoms with Crippen LogP contribution in [0, 0.1) is 5.92 Å². The highest BCUT2D eigenvalue weighted by Gasteiger charge is 2.33. The van der Waals surface area contributed by atoms with Gasteiger partial charge in [0.25, 0.3) is 0 Å². The topological polar surface area (TPSA) is 105 Å². The van der Waals surface area contributed by atoms with Crippen molar-refractivity contribution >= 4 is 39.9 Å². The molecule has 7 nitrogen and oxygen atoms in total. The Labute approximate surface area is 147 Å². The summed E-state index contributed by atoms with van der Waals surface area (Å²) in [5.41, 5.74) is 5.35. The van der Waals surface area contributed by atoms with E-state index < -0.39 is 10.0 Å². The summed E-state index contributed by atoms with van der Waals surface area (Å²) in [4.78, 5) is 15.9. The Hall–Kier alpha value is -0.930. The van der Waals surface area contributed by atoms with Crippen molar-refractivity contribution in [3.05, 3.63) is 23.5 Å². The second-order valence-corrected chi connectivity index (χ2v) is 7.50. The highest BCUT2D eigenvalue weighted by atomic mass is 35.5. The summed E-state index contributed by atoms with van der Waals surface area (Å²) < 4.78 is 26.5. The molecule has 0 aromatic carbocycles. The van der Waals surface area contributed by atoms with Gasteiger partial charge < -0.3 is 11.1 Å². The van der Waals surface area contributed by atoms with Crippen LogP contribution in [-0.2, 0) is 14.8 Å². The molecule has 1 saturated heterocycles. The van der Waals surface area contributed by atoms with Crippen LogP contribution in [0.1, 0.15) is 12.8 Å². The number of piperidine rings is 1. The summed E-state index contributed by atoms with van der Waals surface area (Å²) in [6.07, 6.45) is 3.93. The van der Waals surface area contributed by atoms with Gasteiger partial charge in [0, 0.05) is 38.6 Å². The van der Waals surface area contributed by atoms with Gasteiger partial charge in [-0.3, -0.25) is 9.78 Å². The minimum absolute atomic E-state index is 0. The van der Waals surface area contributed by atoms with Gasteiger partial charge in [0.15, 0.2) is 0 Å². The number of carbonyl (C=O) groups is 1. The molecule has 3 N–H and O–H groups in total.